The molecule has 0 unspecified atom stereocenters. The summed E-state index contributed by atoms with van der Waals surface area (Å²) in [5, 5.41) is 0. The van der Waals surface area contributed by atoms with Crippen molar-refractivity contribution in [2.45, 2.75) is 11.4 Å². The number of nitrogens with one attached hydrogen (secondary N) is 1. The molecular weight excluding hydrogens is 358 g/mol. The molecule has 0 amide bonds. The molecule has 0 fully saturated rings. The fraction of sp³-hybridized carbons (Fsp3) is 0.0909. The Labute approximate surface area is 121 Å². The van der Waals surface area contributed by atoms with E-state index in [0.717, 1.165) is 12.1 Å². The number of benzene rings is 1. The van der Waals surface area contributed by atoms with E-state index >= 15 is 0 Å². The van der Waals surface area contributed by atoms with Gasteiger partial charge in [0.15, 0.2) is 4.67 Å². The van der Waals surface area contributed by atoms with E-state index in [-0.39, 0.29) is 27.6 Å². The van der Waals surface area contributed by atoms with E-state index in [9.17, 15) is 17.2 Å². The van der Waals surface area contributed by atoms with Crippen molar-refractivity contribution in [3.63, 3.8) is 0 Å². The quantitative estimate of drug-likeness (QED) is 0.870. The van der Waals surface area contributed by atoms with Crippen LogP contribution in [0.15, 0.2) is 38.2 Å². The van der Waals surface area contributed by atoms with E-state index in [2.05, 4.69) is 20.7 Å². The summed E-state index contributed by atoms with van der Waals surface area (Å²) in [4.78, 5) is -0.206. The van der Waals surface area contributed by atoms with Crippen LogP contribution in [0.5, 0.6) is 0 Å². The summed E-state index contributed by atoms with van der Waals surface area (Å²) in [5.41, 5.74) is 5.11. The molecule has 0 radical (unpaired) electrons. The average molecular weight is 367 g/mol. The normalized spacial score (nSPS) is 11.6. The first kappa shape index (κ1) is 14.9. The van der Waals surface area contributed by atoms with Crippen LogP contribution >= 0.6 is 15.9 Å². The number of rotatable bonds is 4. The van der Waals surface area contributed by atoms with Gasteiger partial charge >= 0.3 is 0 Å². The van der Waals surface area contributed by atoms with Crippen LogP contribution in [0.25, 0.3) is 0 Å². The van der Waals surface area contributed by atoms with Gasteiger partial charge in [0.2, 0.25) is 0 Å². The standard InChI is InChI=1S/C11H9BrF2N2O3S/c12-11-10(4-9(5-15)19-11)20(17,18)16-8-2-6(13)1-7(14)3-8/h1-4,16H,5,15H2. The number of nitrogens with two attached hydrogens (primary N) is 1. The first-order chi connectivity index (χ1) is 9.31. The van der Waals surface area contributed by atoms with Gasteiger partial charge in [-0.05, 0) is 28.1 Å². The molecule has 0 atom stereocenters. The Morgan fingerprint density at radius 1 is 1.20 bits per heavy atom. The van der Waals surface area contributed by atoms with Gasteiger partial charge in [-0.3, -0.25) is 4.72 Å². The molecule has 0 aliphatic heterocycles. The largest absolute Gasteiger partial charge is 0.452 e. The highest BCUT2D eigenvalue weighted by atomic mass is 79.9. The first-order valence-corrected chi connectivity index (χ1v) is 7.56. The highest BCUT2D eigenvalue weighted by Gasteiger charge is 2.22. The molecule has 1 aromatic heterocycles. The summed E-state index contributed by atoms with van der Waals surface area (Å²) in [5.74, 6) is -1.53. The van der Waals surface area contributed by atoms with Crippen molar-refractivity contribution in [1.82, 2.24) is 0 Å². The molecule has 0 saturated carbocycles. The number of sulfonamides is 1. The molecule has 5 nitrogen and oxygen atoms in total. The second-order valence-electron chi connectivity index (χ2n) is 3.82. The van der Waals surface area contributed by atoms with Crippen molar-refractivity contribution in [3.05, 3.63) is 46.3 Å². The third-order valence-electron chi connectivity index (χ3n) is 2.31. The third kappa shape index (κ3) is 3.17. The molecule has 20 heavy (non-hydrogen) atoms. The van der Waals surface area contributed by atoms with Crippen molar-refractivity contribution in [1.29, 1.82) is 0 Å². The van der Waals surface area contributed by atoms with E-state index in [4.69, 9.17) is 10.2 Å². The predicted molar refractivity (Wildman–Crippen MR) is 71.5 cm³/mol. The zero-order valence-corrected chi connectivity index (χ0v) is 12.3. The van der Waals surface area contributed by atoms with Gasteiger partial charge in [0, 0.05) is 12.1 Å². The fourth-order valence-corrected chi connectivity index (χ4v) is 3.54. The fourth-order valence-electron chi connectivity index (χ4n) is 1.50. The molecule has 0 aliphatic carbocycles. The number of furan rings is 1. The number of halogens is 3. The Morgan fingerprint density at radius 3 is 2.30 bits per heavy atom. The maximum Gasteiger partial charge on any atom is 0.266 e. The summed E-state index contributed by atoms with van der Waals surface area (Å²) < 4.78 is 57.3. The highest BCUT2D eigenvalue weighted by Crippen LogP contribution is 2.28. The third-order valence-corrected chi connectivity index (χ3v) is 4.55. The molecule has 0 saturated heterocycles. The van der Waals surface area contributed by atoms with Gasteiger partial charge in [0.1, 0.15) is 22.3 Å². The lowest BCUT2D eigenvalue weighted by Gasteiger charge is -2.06. The Bertz CT molecular complexity index is 726. The SMILES string of the molecule is NCc1cc(S(=O)(=O)Nc2cc(F)cc(F)c2)c(Br)o1. The van der Waals surface area contributed by atoms with Gasteiger partial charge in [0.25, 0.3) is 10.0 Å². The molecule has 0 bridgehead atoms. The lowest BCUT2D eigenvalue weighted by Crippen LogP contribution is -2.13. The summed E-state index contributed by atoms with van der Waals surface area (Å²) >= 11 is 2.95. The summed E-state index contributed by atoms with van der Waals surface area (Å²) in [6.07, 6.45) is 0. The van der Waals surface area contributed by atoms with Crippen LogP contribution in [-0.4, -0.2) is 8.42 Å². The first-order valence-electron chi connectivity index (χ1n) is 5.29. The molecular formula is C11H9BrF2N2O3S. The van der Waals surface area contributed by atoms with E-state index in [1.165, 1.54) is 6.07 Å². The predicted octanol–water partition coefficient (Wildman–Crippen LogP) is 2.58. The van der Waals surface area contributed by atoms with Gasteiger partial charge in [-0.1, -0.05) is 0 Å². The van der Waals surface area contributed by atoms with E-state index in [1.807, 2.05) is 0 Å². The molecule has 1 aromatic carbocycles. The maximum atomic E-state index is 13.0. The van der Waals surface area contributed by atoms with Gasteiger partial charge in [-0.2, -0.15) is 0 Å². The van der Waals surface area contributed by atoms with Crippen molar-refractivity contribution >= 4 is 31.6 Å². The second kappa shape index (κ2) is 5.51. The minimum Gasteiger partial charge on any atom is -0.452 e. The minimum atomic E-state index is -4.05. The van der Waals surface area contributed by atoms with Crippen LogP contribution in [-0.2, 0) is 16.6 Å². The molecule has 0 aliphatic rings. The summed E-state index contributed by atoms with van der Waals surface area (Å²) in [6.45, 7) is 0.0166. The maximum absolute atomic E-state index is 13.0. The van der Waals surface area contributed by atoms with E-state index in [1.54, 1.807) is 0 Å². The zero-order chi connectivity index (χ0) is 14.9. The molecule has 2 rings (SSSR count). The highest BCUT2D eigenvalue weighted by molar-refractivity contribution is 9.10. The summed E-state index contributed by atoms with van der Waals surface area (Å²) in [6, 6.07) is 3.58. The van der Waals surface area contributed by atoms with Crippen molar-refractivity contribution in [3.8, 4) is 0 Å². The molecule has 0 spiro atoms. The minimum absolute atomic E-state index is 0.0166. The van der Waals surface area contributed by atoms with E-state index < -0.39 is 21.7 Å². The average Bonchev–Trinajstić information content (AvgIpc) is 2.69. The second-order valence-corrected chi connectivity index (χ2v) is 6.19. The van der Waals surface area contributed by atoms with Crippen LogP contribution in [0.4, 0.5) is 14.5 Å². The van der Waals surface area contributed by atoms with Crippen molar-refractivity contribution in [2.24, 2.45) is 5.73 Å². The van der Waals surface area contributed by atoms with Crippen LogP contribution in [0.1, 0.15) is 5.76 Å². The zero-order valence-electron chi connectivity index (χ0n) is 9.86. The molecule has 9 heteroatoms. The Kier molecular flexibility index (Phi) is 4.11. The Morgan fingerprint density at radius 2 is 1.80 bits per heavy atom. The smallest absolute Gasteiger partial charge is 0.266 e. The molecule has 2 aromatic rings. The topological polar surface area (TPSA) is 85.3 Å². The molecule has 1 heterocycles. The van der Waals surface area contributed by atoms with Gasteiger partial charge in [0.05, 0.1) is 12.2 Å². The van der Waals surface area contributed by atoms with Crippen molar-refractivity contribution in [2.75, 3.05) is 4.72 Å². The van der Waals surface area contributed by atoms with Crippen LogP contribution < -0.4 is 10.5 Å². The Hall–Kier alpha value is -1.45. The Balaban J connectivity index is 2.37. The molecule has 3 N–H and O–H groups in total. The molecule has 108 valence electrons. The van der Waals surface area contributed by atoms with Gasteiger partial charge in [-0.25, -0.2) is 17.2 Å². The van der Waals surface area contributed by atoms with E-state index in [0.29, 0.717) is 6.07 Å². The monoisotopic (exact) mass is 366 g/mol. The van der Waals surface area contributed by atoms with Crippen LogP contribution in [0.2, 0.25) is 0 Å². The van der Waals surface area contributed by atoms with Gasteiger partial charge < -0.3 is 10.2 Å². The number of hydrogen-bond acceptors (Lipinski definition) is 4. The van der Waals surface area contributed by atoms with Crippen molar-refractivity contribution < 1.29 is 21.6 Å². The van der Waals surface area contributed by atoms with Crippen LogP contribution in [0, 0.1) is 11.6 Å². The lowest BCUT2D eigenvalue weighted by molar-refractivity contribution is 0.484. The lowest BCUT2D eigenvalue weighted by atomic mass is 10.3. The van der Waals surface area contributed by atoms with Crippen LogP contribution in [0.3, 0.4) is 0 Å². The summed E-state index contributed by atoms with van der Waals surface area (Å²) in [7, 11) is -4.05. The number of anilines is 1. The number of hydrogen-bond donors (Lipinski definition) is 2. The van der Waals surface area contributed by atoms with Gasteiger partial charge in [-0.15, -0.1) is 0 Å².